The van der Waals surface area contributed by atoms with Crippen LogP contribution >= 0.6 is 0 Å². The Hall–Kier alpha value is -1.70. The summed E-state index contributed by atoms with van der Waals surface area (Å²) in [5.74, 6) is 1.65. The second-order valence-corrected chi connectivity index (χ2v) is 4.23. The van der Waals surface area contributed by atoms with Crippen LogP contribution in [-0.4, -0.2) is 29.7 Å². The molecule has 0 heterocycles. The van der Waals surface area contributed by atoms with Crippen LogP contribution in [0.1, 0.15) is 33.1 Å². The lowest BCUT2D eigenvalue weighted by Gasteiger charge is -2.16. The minimum atomic E-state index is -1.02. The molecule has 1 atom stereocenters. The number of carbonyl (C=O) groups is 2. The van der Waals surface area contributed by atoms with E-state index in [1.54, 1.807) is 0 Å². The summed E-state index contributed by atoms with van der Waals surface area (Å²) in [5, 5.41) is 13.9. The molecule has 0 aliphatic rings. The van der Waals surface area contributed by atoms with Gasteiger partial charge in [-0.1, -0.05) is 13.8 Å². The van der Waals surface area contributed by atoms with Crippen LogP contribution in [-0.2, 0) is 4.79 Å². The second-order valence-electron chi connectivity index (χ2n) is 4.23. The van der Waals surface area contributed by atoms with Gasteiger partial charge in [-0.15, -0.1) is 12.3 Å². The van der Waals surface area contributed by atoms with Crippen LogP contribution < -0.4 is 10.6 Å². The summed E-state index contributed by atoms with van der Waals surface area (Å²) in [5.41, 5.74) is 0. The first kappa shape index (κ1) is 15.3. The fourth-order valence-electron chi connectivity index (χ4n) is 1.29. The highest BCUT2D eigenvalue weighted by atomic mass is 16.4. The maximum atomic E-state index is 11.4. The number of carbonyl (C=O) groups excluding carboxylic acids is 1. The number of carboxylic acid groups (broad SMARTS) is 1. The third-order valence-corrected chi connectivity index (χ3v) is 2.09. The first-order valence-corrected chi connectivity index (χ1v) is 5.68. The largest absolute Gasteiger partial charge is 0.480 e. The quantitative estimate of drug-likeness (QED) is 0.462. The zero-order chi connectivity index (χ0) is 13.3. The Morgan fingerprint density at radius 2 is 2.06 bits per heavy atom. The molecule has 0 unspecified atom stereocenters. The molecule has 0 fully saturated rings. The average Bonchev–Trinajstić information content (AvgIpc) is 2.22. The van der Waals surface area contributed by atoms with Crippen LogP contribution in [0.5, 0.6) is 0 Å². The molecule has 0 aromatic carbocycles. The molecular weight excluding hydrogens is 220 g/mol. The van der Waals surface area contributed by atoms with Crippen LogP contribution in [0.4, 0.5) is 4.79 Å². The SMILES string of the molecule is C#CCCCNC(=O)N[C@H](CC(C)C)C(=O)O. The van der Waals surface area contributed by atoms with Gasteiger partial charge in [0.05, 0.1) is 0 Å². The van der Waals surface area contributed by atoms with E-state index in [-0.39, 0.29) is 5.92 Å². The lowest BCUT2D eigenvalue weighted by atomic mass is 10.0. The van der Waals surface area contributed by atoms with Gasteiger partial charge in [-0.25, -0.2) is 9.59 Å². The van der Waals surface area contributed by atoms with Gasteiger partial charge >= 0.3 is 12.0 Å². The minimum absolute atomic E-state index is 0.206. The molecule has 0 aliphatic heterocycles. The number of hydrogen-bond donors (Lipinski definition) is 3. The van der Waals surface area contributed by atoms with E-state index >= 15 is 0 Å². The number of nitrogens with one attached hydrogen (secondary N) is 2. The number of urea groups is 1. The van der Waals surface area contributed by atoms with Gasteiger partial charge in [0.2, 0.25) is 0 Å². The molecule has 0 aromatic rings. The highest BCUT2D eigenvalue weighted by Gasteiger charge is 2.20. The number of unbranched alkanes of at least 4 members (excludes halogenated alkanes) is 1. The lowest BCUT2D eigenvalue weighted by molar-refractivity contribution is -0.139. The Labute approximate surface area is 102 Å². The fraction of sp³-hybridized carbons (Fsp3) is 0.667. The Bertz CT molecular complexity index is 295. The van der Waals surface area contributed by atoms with E-state index in [4.69, 9.17) is 11.5 Å². The second kappa shape index (κ2) is 8.45. The molecule has 3 N–H and O–H groups in total. The number of amides is 2. The van der Waals surface area contributed by atoms with Crippen molar-refractivity contribution in [3.05, 3.63) is 0 Å². The topological polar surface area (TPSA) is 78.4 Å². The van der Waals surface area contributed by atoms with Crippen LogP contribution in [0.15, 0.2) is 0 Å². The maximum absolute atomic E-state index is 11.4. The zero-order valence-electron chi connectivity index (χ0n) is 10.3. The minimum Gasteiger partial charge on any atom is -0.480 e. The van der Waals surface area contributed by atoms with Gasteiger partial charge in [0.15, 0.2) is 0 Å². The van der Waals surface area contributed by atoms with Crippen LogP contribution in [0.3, 0.4) is 0 Å². The van der Waals surface area contributed by atoms with E-state index < -0.39 is 18.0 Å². The summed E-state index contributed by atoms with van der Waals surface area (Å²) in [6.45, 7) is 4.26. The van der Waals surface area contributed by atoms with Crippen LogP contribution in [0.25, 0.3) is 0 Å². The van der Waals surface area contributed by atoms with Crippen molar-refractivity contribution < 1.29 is 14.7 Å². The molecule has 0 saturated heterocycles. The third kappa shape index (κ3) is 8.14. The molecular formula is C12H20N2O3. The summed E-state index contributed by atoms with van der Waals surface area (Å²) in [7, 11) is 0. The Morgan fingerprint density at radius 1 is 1.41 bits per heavy atom. The van der Waals surface area contributed by atoms with Gasteiger partial charge in [0.25, 0.3) is 0 Å². The Morgan fingerprint density at radius 3 is 2.53 bits per heavy atom. The smallest absolute Gasteiger partial charge is 0.326 e. The van der Waals surface area contributed by atoms with E-state index in [2.05, 4.69) is 16.6 Å². The predicted molar refractivity (Wildman–Crippen MR) is 65.5 cm³/mol. The van der Waals surface area contributed by atoms with Crippen LogP contribution in [0.2, 0.25) is 0 Å². The average molecular weight is 240 g/mol. The monoisotopic (exact) mass is 240 g/mol. The van der Waals surface area contributed by atoms with E-state index in [1.165, 1.54) is 0 Å². The van der Waals surface area contributed by atoms with Crippen molar-refractivity contribution >= 4 is 12.0 Å². The van der Waals surface area contributed by atoms with Crippen molar-refractivity contribution in [1.82, 2.24) is 10.6 Å². The normalized spacial score (nSPS) is 11.6. The zero-order valence-corrected chi connectivity index (χ0v) is 10.3. The molecule has 0 radical (unpaired) electrons. The molecule has 17 heavy (non-hydrogen) atoms. The summed E-state index contributed by atoms with van der Waals surface area (Å²) < 4.78 is 0. The molecule has 0 saturated carbocycles. The maximum Gasteiger partial charge on any atom is 0.326 e. The highest BCUT2D eigenvalue weighted by molar-refractivity contribution is 5.82. The summed E-state index contributed by atoms with van der Waals surface area (Å²) in [4.78, 5) is 22.2. The number of rotatable bonds is 7. The molecule has 96 valence electrons. The van der Waals surface area contributed by atoms with Crippen molar-refractivity contribution in [2.24, 2.45) is 5.92 Å². The molecule has 0 spiro atoms. The van der Waals surface area contributed by atoms with Crippen molar-refractivity contribution in [3.8, 4) is 12.3 Å². The molecule has 0 aliphatic carbocycles. The number of hydrogen-bond acceptors (Lipinski definition) is 2. The number of terminal acetylenes is 1. The molecule has 0 bridgehead atoms. The van der Waals surface area contributed by atoms with Crippen molar-refractivity contribution in [1.29, 1.82) is 0 Å². The summed E-state index contributed by atoms with van der Waals surface area (Å²) in [6.07, 6.45) is 6.75. The van der Waals surface area contributed by atoms with E-state index in [9.17, 15) is 9.59 Å². The standard InChI is InChI=1S/C12H20N2O3/c1-4-5-6-7-13-12(17)14-10(11(15)16)8-9(2)3/h1,9-10H,5-8H2,2-3H3,(H,15,16)(H2,13,14,17)/t10-/m1/s1. The van der Waals surface area contributed by atoms with E-state index in [0.29, 0.717) is 25.8 Å². The first-order valence-electron chi connectivity index (χ1n) is 5.68. The molecule has 2 amide bonds. The van der Waals surface area contributed by atoms with Crippen molar-refractivity contribution in [2.45, 2.75) is 39.2 Å². The van der Waals surface area contributed by atoms with Gasteiger partial charge in [0.1, 0.15) is 6.04 Å². The fourth-order valence-corrected chi connectivity index (χ4v) is 1.29. The molecule has 5 nitrogen and oxygen atoms in total. The van der Waals surface area contributed by atoms with E-state index in [1.807, 2.05) is 13.8 Å². The van der Waals surface area contributed by atoms with Crippen molar-refractivity contribution in [2.75, 3.05) is 6.54 Å². The van der Waals surface area contributed by atoms with Crippen molar-refractivity contribution in [3.63, 3.8) is 0 Å². The third-order valence-electron chi connectivity index (χ3n) is 2.09. The van der Waals surface area contributed by atoms with Gasteiger partial charge in [-0.05, 0) is 18.8 Å². The molecule has 5 heteroatoms. The Balaban J connectivity index is 3.96. The first-order chi connectivity index (χ1) is 7.97. The van der Waals surface area contributed by atoms with Gasteiger partial charge in [-0.3, -0.25) is 0 Å². The summed E-state index contributed by atoms with van der Waals surface area (Å²) >= 11 is 0. The van der Waals surface area contributed by atoms with Crippen LogP contribution in [0, 0.1) is 18.3 Å². The Kier molecular flexibility index (Phi) is 7.61. The summed E-state index contributed by atoms with van der Waals surface area (Å²) in [6, 6.07) is -1.31. The highest BCUT2D eigenvalue weighted by Crippen LogP contribution is 2.04. The van der Waals surface area contributed by atoms with Gasteiger partial charge < -0.3 is 15.7 Å². The lowest BCUT2D eigenvalue weighted by Crippen LogP contribution is -2.46. The number of aliphatic carboxylic acids is 1. The molecule has 0 rings (SSSR count). The van der Waals surface area contributed by atoms with Gasteiger partial charge in [0, 0.05) is 13.0 Å². The predicted octanol–water partition coefficient (Wildman–Crippen LogP) is 1.20. The van der Waals surface area contributed by atoms with Gasteiger partial charge in [-0.2, -0.15) is 0 Å². The van der Waals surface area contributed by atoms with E-state index in [0.717, 1.165) is 0 Å². The molecule has 0 aromatic heterocycles. The number of carboxylic acids is 1.